The summed E-state index contributed by atoms with van der Waals surface area (Å²) in [6.45, 7) is 3.04. The van der Waals surface area contributed by atoms with Crippen LogP contribution in [0.15, 0.2) is 12.3 Å². The fraction of sp³-hybridized carbons (Fsp3) is 0.462. The van der Waals surface area contributed by atoms with Crippen LogP contribution in [0, 0.1) is 4.77 Å². The molecule has 0 spiro atoms. The summed E-state index contributed by atoms with van der Waals surface area (Å²) < 4.78 is 7.63. The molecule has 1 aliphatic rings. The van der Waals surface area contributed by atoms with Gasteiger partial charge in [-0.05, 0) is 18.3 Å². The van der Waals surface area contributed by atoms with Gasteiger partial charge in [-0.15, -0.1) is 0 Å². The quantitative estimate of drug-likeness (QED) is 0.876. The van der Waals surface area contributed by atoms with Gasteiger partial charge in [0.25, 0.3) is 0 Å². The van der Waals surface area contributed by atoms with E-state index in [2.05, 4.69) is 9.97 Å². The van der Waals surface area contributed by atoms with Crippen molar-refractivity contribution >= 4 is 40.9 Å². The Labute approximate surface area is 131 Å². The second-order valence-corrected chi connectivity index (χ2v) is 5.67. The second kappa shape index (κ2) is 6.13. The highest BCUT2D eigenvalue weighted by molar-refractivity contribution is 7.71. The number of nitrogens with zero attached hydrogens (tertiary/aromatic N) is 3. The highest BCUT2D eigenvalue weighted by atomic mass is 35.5. The van der Waals surface area contributed by atoms with Crippen LogP contribution in [0.3, 0.4) is 0 Å². The molecule has 3 heterocycles. The number of pyridine rings is 1. The molecular weight excluding hydrogens is 312 g/mol. The van der Waals surface area contributed by atoms with Gasteiger partial charge in [-0.3, -0.25) is 4.79 Å². The molecule has 0 aromatic carbocycles. The summed E-state index contributed by atoms with van der Waals surface area (Å²) in [7, 11) is 0. The predicted molar refractivity (Wildman–Crippen MR) is 81.9 cm³/mol. The van der Waals surface area contributed by atoms with Crippen LogP contribution in [0.2, 0.25) is 5.02 Å². The first-order chi connectivity index (χ1) is 10.1. The Morgan fingerprint density at radius 3 is 3.00 bits per heavy atom. The lowest BCUT2D eigenvalue weighted by molar-refractivity contribution is -0.135. The van der Waals surface area contributed by atoms with E-state index in [1.54, 1.807) is 12.3 Å². The Hall–Kier alpha value is -1.44. The van der Waals surface area contributed by atoms with Gasteiger partial charge in [-0.25, -0.2) is 4.98 Å². The van der Waals surface area contributed by atoms with Crippen molar-refractivity contribution in [3.8, 4) is 0 Å². The summed E-state index contributed by atoms with van der Waals surface area (Å²) in [5, 5.41) is 0.551. The summed E-state index contributed by atoms with van der Waals surface area (Å²) in [6, 6.07) is 1.78. The van der Waals surface area contributed by atoms with Crippen LogP contribution in [0.1, 0.15) is 6.42 Å². The van der Waals surface area contributed by atoms with Crippen molar-refractivity contribution in [2.45, 2.75) is 13.0 Å². The van der Waals surface area contributed by atoms with Crippen molar-refractivity contribution in [1.29, 1.82) is 0 Å². The van der Waals surface area contributed by atoms with E-state index in [1.165, 1.54) is 0 Å². The van der Waals surface area contributed by atoms with Crippen LogP contribution >= 0.6 is 23.8 Å². The van der Waals surface area contributed by atoms with E-state index in [9.17, 15) is 4.79 Å². The van der Waals surface area contributed by atoms with Gasteiger partial charge in [0.1, 0.15) is 0 Å². The standard InChI is InChI=1S/C13H15ClN4O2S/c14-9-7-10-12(15-8-9)18(13(21)16-10)2-1-11(19)17-3-5-20-6-4-17/h7-8H,1-6H2,(H,16,21). The van der Waals surface area contributed by atoms with Crippen LogP contribution in [-0.2, 0) is 16.1 Å². The Balaban J connectivity index is 1.74. The van der Waals surface area contributed by atoms with Crippen LogP contribution < -0.4 is 0 Å². The monoisotopic (exact) mass is 326 g/mol. The number of hydrogen-bond acceptors (Lipinski definition) is 4. The van der Waals surface area contributed by atoms with E-state index >= 15 is 0 Å². The number of nitrogens with one attached hydrogen (secondary N) is 1. The summed E-state index contributed by atoms with van der Waals surface area (Å²) in [5.41, 5.74) is 1.51. The number of carbonyl (C=O) groups excluding carboxylic acids is 1. The fourth-order valence-electron chi connectivity index (χ4n) is 2.40. The molecule has 3 rings (SSSR count). The molecule has 8 heteroatoms. The molecule has 21 heavy (non-hydrogen) atoms. The van der Waals surface area contributed by atoms with Crippen LogP contribution in [0.25, 0.3) is 11.2 Å². The summed E-state index contributed by atoms with van der Waals surface area (Å²) in [6.07, 6.45) is 1.97. The molecule has 0 bridgehead atoms. The van der Waals surface area contributed by atoms with E-state index in [0.29, 0.717) is 49.1 Å². The van der Waals surface area contributed by atoms with Crippen molar-refractivity contribution in [3.05, 3.63) is 22.1 Å². The Morgan fingerprint density at radius 1 is 1.48 bits per heavy atom. The maximum absolute atomic E-state index is 12.2. The highest BCUT2D eigenvalue weighted by Crippen LogP contribution is 2.17. The lowest BCUT2D eigenvalue weighted by atomic mass is 10.3. The zero-order valence-electron chi connectivity index (χ0n) is 11.3. The molecule has 0 aliphatic carbocycles. The molecule has 2 aromatic rings. The first kappa shape index (κ1) is 14.5. The molecule has 1 amide bonds. The normalized spacial score (nSPS) is 15.6. The second-order valence-electron chi connectivity index (χ2n) is 4.85. The molecule has 0 saturated carbocycles. The molecule has 6 nitrogen and oxygen atoms in total. The molecule has 112 valence electrons. The molecule has 2 aromatic heterocycles. The zero-order valence-corrected chi connectivity index (χ0v) is 12.9. The van der Waals surface area contributed by atoms with Gasteiger partial charge in [-0.2, -0.15) is 0 Å². The molecule has 1 aliphatic heterocycles. The minimum absolute atomic E-state index is 0.114. The average Bonchev–Trinajstić information content (AvgIpc) is 2.80. The Kier molecular flexibility index (Phi) is 4.23. The predicted octanol–water partition coefficient (Wildman–Crippen LogP) is 2.00. The molecule has 0 unspecified atom stereocenters. The number of ether oxygens (including phenoxy) is 1. The maximum atomic E-state index is 12.2. The van der Waals surface area contributed by atoms with Gasteiger partial charge in [0.15, 0.2) is 10.4 Å². The van der Waals surface area contributed by atoms with Crippen molar-refractivity contribution in [3.63, 3.8) is 0 Å². The zero-order chi connectivity index (χ0) is 14.8. The number of fused-ring (bicyclic) bond motifs is 1. The Bertz CT molecular complexity index is 721. The molecular formula is C13H15ClN4O2S. The number of halogens is 1. The number of rotatable bonds is 3. The van der Waals surface area contributed by atoms with E-state index in [1.807, 2.05) is 9.47 Å². The van der Waals surface area contributed by atoms with Gasteiger partial charge < -0.3 is 19.2 Å². The topological polar surface area (TPSA) is 63.2 Å². The van der Waals surface area contributed by atoms with E-state index < -0.39 is 0 Å². The number of morpholine rings is 1. The van der Waals surface area contributed by atoms with Crippen molar-refractivity contribution in [2.24, 2.45) is 0 Å². The molecule has 1 fully saturated rings. The smallest absolute Gasteiger partial charge is 0.224 e. The van der Waals surface area contributed by atoms with Gasteiger partial charge in [0.2, 0.25) is 5.91 Å². The largest absolute Gasteiger partial charge is 0.378 e. The number of aromatic amines is 1. The summed E-state index contributed by atoms with van der Waals surface area (Å²) in [5.74, 6) is 0.114. The van der Waals surface area contributed by atoms with E-state index in [0.717, 1.165) is 11.2 Å². The lowest BCUT2D eigenvalue weighted by Crippen LogP contribution is -2.40. The number of carbonyl (C=O) groups is 1. The van der Waals surface area contributed by atoms with E-state index in [4.69, 9.17) is 28.6 Å². The number of amides is 1. The van der Waals surface area contributed by atoms with Gasteiger partial charge in [0.05, 0.1) is 23.8 Å². The summed E-state index contributed by atoms with van der Waals surface area (Å²) in [4.78, 5) is 21.3. The SMILES string of the molecule is O=C(CCn1c(=S)[nH]c2cc(Cl)cnc21)N1CCOCC1. The number of H-pyrrole nitrogens is 1. The third kappa shape index (κ3) is 3.09. The molecule has 1 N–H and O–H groups in total. The van der Waals surface area contributed by atoms with Crippen molar-refractivity contribution in [2.75, 3.05) is 26.3 Å². The molecule has 1 saturated heterocycles. The number of hydrogen-bond donors (Lipinski definition) is 1. The molecule has 0 atom stereocenters. The van der Waals surface area contributed by atoms with Gasteiger partial charge >= 0.3 is 0 Å². The average molecular weight is 327 g/mol. The van der Waals surface area contributed by atoms with Crippen LogP contribution in [0.5, 0.6) is 0 Å². The number of imidazole rings is 1. The van der Waals surface area contributed by atoms with Gasteiger partial charge in [-0.1, -0.05) is 11.6 Å². The first-order valence-corrected chi connectivity index (χ1v) is 7.53. The van der Waals surface area contributed by atoms with Crippen molar-refractivity contribution in [1.82, 2.24) is 19.4 Å². The maximum Gasteiger partial charge on any atom is 0.224 e. The summed E-state index contributed by atoms with van der Waals surface area (Å²) >= 11 is 11.2. The number of aromatic nitrogens is 3. The van der Waals surface area contributed by atoms with Gasteiger partial charge in [0, 0.05) is 32.3 Å². The Morgan fingerprint density at radius 2 is 2.24 bits per heavy atom. The lowest BCUT2D eigenvalue weighted by Gasteiger charge is -2.26. The minimum Gasteiger partial charge on any atom is -0.378 e. The van der Waals surface area contributed by atoms with Crippen molar-refractivity contribution < 1.29 is 9.53 Å². The number of aryl methyl sites for hydroxylation is 1. The third-order valence-corrected chi connectivity index (χ3v) is 4.02. The minimum atomic E-state index is 0.114. The van der Waals surface area contributed by atoms with Crippen LogP contribution in [0.4, 0.5) is 0 Å². The fourth-order valence-corrected chi connectivity index (χ4v) is 2.85. The first-order valence-electron chi connectivity index (χ1n) is 6.75. The van der Waals surface area contributed by atoms with Crippen LogP contribution in [-0.4, -0.2) is 51.6 Å². The highest BCUT2D eigenvalue weighted by Gasteiger charge is 2.17. The molecule has 0 radical (unpaired) electrons. The third-order valence-electron chi connectivity index (χ3n) is 3.49. The van der Waals surface area contributed by atoms with E-state index in [-0.39, 0.29) is 5.91 Å².